The van der Waals surface area contributed by atoms with Crippen molar-refractivity contribution in [3.05, 3.63) is 0 Å². The standard InChI is InChI=1S/C21H45N3O2/c1-3-5-7-9-11-13-15-19(25)17-23-21(22)24-18-20(26)16-14-12-10-8-6-4-2/h19-20,25-26H,3-18H2,1-2H3,(H3,22,23,24). The molecule has 0 amide bonds. The molecule has 0 radical (unpaired) electrons. The molecule has 0 aromatic rings. The Bertz CT molecular complexity index is 324. The van der Waals surface area contributed by atoms with Crippen molar-refractivity contribution in [1.29, 1.82) is 0 Å². The van der Waals surface area contributed by atoms with E-state index in [-0.39, 0.29) is 6.10 Å². The van der Waals surface area contributed by atoms with Gasteiger partial charge in [-0.15, -0.1) is 0 Å². The van der Waals surface area contributed by atoms with Crippen LogP contribution in [0.15, 0.2) is 4.99 Å². The topological polar surface area (TPSA) is 90.9 Å². The minimum absolute atomic E-state index is 0.314. The predicted octanol–water partition coefficient (Wildman–Crippen LogP) is 4.11. The number of nitrogens with one attached hydrogen (secondary N) is 1. The van der Waals surface area contributed by atoms with Crippen LogP contribution >= 0.6 is 0 Å². The minimum atomic E-state index is -0.422. The van der Waals surface area contributed by atoms with Crippen molar-refractivity contribution in [2.75, 3.05) is 13.1 Å². The van der Waals surface area contributed by atoms with Gasteiger partial charge in [0.1, 0.15) is 0 Å². The molecule has 2 atom stereocenters. The predicted molar refractivity (Wildman–Crippen MR) is 112 cm³/mol. The van der Waals surface area contributed by atoms with Crippen LogP contribution in [0.5, 0.6) is 0 Å². The summed E-state index contributed by atoms with van der Waals surface area (Å²) in [5, 5.41) is 22.9. The van der Waals surface area contributed by atoms with Gasteiger partial charge in [0.25, 0.3) is 0 Å². The maximum absolute atomic E-state index is 9.96. The number of aliphatic hydroxyl groups excluding tert-OH is 2. The highest BCUT2D eigenvalue weighted by atomic mass is 16.3. The first kappa shape index (κ1) is 25.2. The van der Waals surface area contributed by atoms with E-state index in [1.54, 1.807) is 0 Å². The minimum Gasteiger partial charge on any atom is -0.391 e. The second-order valence-electron chi connectivity index (χ2n) is 7.53. The maximum Gasteiger partial charge on any atom is 0.188 e. The Kier molecular flexibility index (Phi) is 18.4. The lowest BCUT2D eigenvalue weighted by molar-refractivity contribution is 0.163. The molecule has 0 heterocycles. The molecule has 0 spiro atoms. The van der Waals surface area contributed by atoms with Gasteiger partial charge in [0.15, 0.2) is 5.96 Å². The lowest BCUT2D eigenvalue weighted by Gasteiger charge is -2.13. The number of rotatable bonds is 18. The third-order valence-corrected chi connectivity index (χ3v) is 4.77. The van der Waals surface area contributed by atoms with Crippen LogP contribution in [0.4, 0.5) is 0 Å². The normalized spacial score (nSPS) is 14.4. The Labute approximate surface area is 161 Å². The summed E-state index contributed by atoms with van der Waals surface area (Å²) in [4.78, 5) is 4.18. The van der Waals surface area contributed by atoms with Crippen LogP contribution in [0, 0.1) is 0 Å². The highest BCUT2D eigenvalue weighted by Crippen LogP contribution is 2.09. The largest absolute Gasteiger partial charge is 0.391 e. The molecule has 0 aliphatic heterocycles. The summed E-state index contributed by atoms with van der Waals surface area (Å²) in [5.41, 5.74) is 5.81. The number of hydrogen-bond acceptors (Lipinski definition) is 3. The van der Waals surface area contributed by atoms with Crippen LogP contribution in [0.25, 0.3) is 0 Å². The van der Waals surface area contributed by atoms with Crippen molar-refractivity contribution in [2.45, 2.75) is 116 Å². The molecule has 5 nitrogen and oxygen atoms in total. The van der Waals surface area contributed by atoms with Crippen molar-refractivity contribution >= 4 is 5.96 Å². The van der Waals surface area contributed by atoms with Crippen molar-refractivity contribution in [1.82, 2.24) is 5.32 Å². The van der Waals surface area contributed by atoms with Gasteiger partial charge in [0, 0.05) is 6.54 Å². The monoisotopic (exact) mass is 371 g/mol. The van der Waals surface area contributed by atoms with Crippen molar-refractivity contribution in [3.63, 3.8) is 0 Å². The van der Waals surface area contributed by atoms with E-state index in [1.807, 2.05) is 0 Å². The molecule has 156 valence electrons. The Morgan fingerprint density at radius 1 is 0.769 bits per heavy atom. The Balaban J connectivity index is 3.60. The average Bonchev–Trinajstić information content (AvgIpc) is 2.64. The number of aliphatic imine (C=N–C) groups is 1. The lowest BCUT2D eigenvalue weighted by atomic mass is 10.1. The Morgan fingerprint density at radius 3 is 1.77 bits per heavy atom. The third-order valence-electron chi connectivity index (χ3n) is 4.77. The molecule has 0 aromatic carbocycles. The van der Waals surface area contributed by atoms with E-state index in [0.29, 0.717) is 19.0 Å². The van der Waals surface area contributed by atoms with Gasteiger partial charge < -0.3 is 21.3 Å². The molecule has 0 saturated carbocycles. The van der Waals surface area contributed by atoms with Gasteiger partial charge in [-0.25, -0.2) is 0 Å². The number of nitrogens with zero attached hydrogens (tertiary/aromatic N) is 1. The quantitative estimate of drug-likeness (QED) is 0.166. The van der Waals surface area contributed by atoms with E-state index < -0.39 is 6.10 Å². The van der Waals surface area contributed by atoms with E-state index in [9.17, 15) is 10.2 Å². The highest BCUT2D eigenvalue weighted by Gasteiger charge is 2.06. The zero-order valence-electron chi connectivity index (χ0n) is 17.4. The summed E-state index contributed by atoms with van der Waals surface area (Å²) in [7, 11) is 0. The van der Waals surface area contributed by atoms with E-state index in [0.717, 1.165) is 25.7 Å². The summed E-state index contributed by atoms with van der Waals surface area (Å²) < 4.78 is 0. The van der Waals surface area contributed by atoms with E-state index in [2.05, 4.69) is 24.2 Å². The fourth-order valence-electron chi connectivity index (χ4n) is 3.00. The molecule has 0 fully saturated rings. The van der Waals surface area contributed by atoms with Crippen LogP contribution in [-0.2, 0) is 0 Å². The van der Waals surface area contributed by atoms with Gasteiger partial charge in [-0.2, -0.15) is 0 Å². The maximum atomic E-state index is 9.96. The molecule has 2 unspecified atom stereocenters. The van der Waals surface area contributed by atoms with Gasteiger partial charge in [-0.05, 0) is 12.8 Å². The van der Waals surface area contributed by atoms with Gasteiger partial charge in [-0.3, -0.25) is 4.99 Å². The number of nitrogens with two attached hydrogens (primary N) is 1. The summed E-state index contributed by atoms with van der Waals surface area (Å²) in [6.45, 7) is 5.20. The first-order chi connectivity index (χ1) is 12.6. The van der Waals surface area contributed by atoms with Gasteiger partial charge in [-0.1, -0.05) is 90.9 Å². The fraction of sp³-hybridized carbons (Fsp3) is 0.952. The van der Waals surface area contributed by atoms with E-state index in [4.69, 9.17) is 5.73 Å². The first-order valence-corrected chi connectivity index (χ1v) is 11.0. The number of aliphatic hydroxyl groups is 2. The number of unbranched alkanes of at least 4 members (excludes halogenated alkanes) is 10. The molecule has 5 N–H and O–H groups in total. The molecule has 0 rings (SSSR count). The van der Waals surface area contributed by atoms with Gasteiger partial charge in [0.2, 0.25) is 0 Å². The zero-order valence-corrected chi connectivity index (χ0v) is 17.4. The van der Waals surface area contributed by atoms with Crippen molar-refractivity contribution < 1.29 is 10.2 Å². The smallest absolute Gasteiger partial charge is 0.188 e. The summed E-state index contributed by atoms with van der Waals surface area (Å²) in [5.74, 6) is 0.314. The van der Waals surface area contributed by atoms with Crippen LogP contribution < -0.4 is 11.1 Å². The molecule has 0 bridgehead atoms. The Morgan fingerprint density at radius 2 is 1.23 bits per heavy atom. The molecule has 0 saturated heterocycles. The zero-order chi connectivity index (χ0) is 19.5. The van der Waals surface area contributed by atoms with E-state index >= 15 is 0 Å². The second-order valence-corrected chi connectivity index (χ2v) is 7.53. The molecule has 0 aromatic heterocycles. The first-order valence-electron chi connectivity index (χ1n) is 11.0. The van der Waals surface area contributed by atoms with Crippen molar-refractivity contribution in [2.24, 2.45) is 10.7 Å². The molecule has 26 heavy (non-hydrogen) atoms. The third kappa shape index (κ3) is 18.0. The number of hydrogen-bond donors (Lipinski definition) is 4. The molecular weight excluding hydrogens is 326 g/mol. The van der Waals surface area contributed by atoms with Crippen molar-refractivity contribution in [3.8, 4) is 0 Å². The van der Waals surface area contributed by atoms with Crippen LogP contribution in [0.1, 0.15) is 104 Å². The van der Waals surface area contributed by atoms with Gasteiger partial charge >= 0.3 is 0 Å². The molecule has 0 aliphatic carbocycles. The molecular formula is C21H45N3O2. The lowest BCUT2D eigenvalue weighted by Crippen LogP contribution is -2.38. The van der Waals surface area contributed by atoms with Crippen LogP contribution in [0.3, 0.4) is 0 Å². The van der Waals surface area contributed by atoms with Crippen LogP contribution in [-0.4, -0.2) is 41.5 Å². The second kappa shape index (κ2) is 19.0. The van der Waals surface area contributed by atoms with Gasteiger partial charge in [0.05, 0.1) is 18.8 Å². The summed E-state index contributed by atoms with van der Waals surface area (Å²) in [6, 6.07) is 0. The Hall–Kier alpha value is -0.810. The van der Waals surface area contributed by atoms with Crippen LogP contribution in [0.2, 0.25) is 0 Å². The molecule has 0 aliphatic rings. The average molecular weight is 372 g/mol. The summed E-state index contributed by atoms with van der Waals surface area (Å²) >= 11 is 0. The summed E-state index contributed by atoms with van der Waals surface area (Å²) in [6.07, 6.45) is 15.5. The SMILES string of the molecule is CCCCCCCCC(O)CN=C(N)NCC(O)CCCCCCCC. The fourth-order valence-corrected chi connectivity index (χ4v) is 3.00. The molecule has 5 heteroatoms. The van der Waals surface area contributed by atoms with E-state index in [1.165, 1.54) is 64.2 Å². The number of guanidine groups is 1. The highest BCUT2D eigenvalue weighted by molar-refractivity contribution is 5.77.